The maximum absolute atomic E-state index is 13.3. The summed E-state index contributed by atoms with van der Waals surface area (Å²) in [6, 6.07) is 8.66. The van der Waals surface area contributed by atoms with E-state index >= 15 is 0 Å². The molecule has 1 N–H and O–H groups in total. The minimum Gasteiger partial charge on any atom is -0.490 e. The van der Waals surface area contributed by atoms with Gasteiger partial charge in [0.05, 0.1) is 23.7 Å². The fraction of sp³-hybridized carbons (Fsp3) is 0.333. The summed E-state index contributed by atoms with van der Waals surface area (Å²) in [6.07, 6.45) is 0.473. The zero-order valence-electron chi connectivity index (χ0n) is 19.4. The van der Waals surface area contributed by atoms with Crippen LogP contribution in [0.5, 0.6) is 11.5 Å². The van der Waals surface area contributed by atoms with Crippen LogP contribution in [-0.2, 0) is 10.2 Å². The molecule has 180 valence electrons. The van der Waals surface area contributed by atoms with Crippen molar-refractivity contribution in [2.75, 3.05) is 6.61 Å². The number of carboxylic acids is 1. The summed E-state index contributed by atoms with van der Waals surface area (Å²) in [5.74, 6) is 0.0726. The molecule has 0 aliphatic carbocycles. The highest BCUT2D eigenvalue weighted by atomic mass is 79.9. The lowest BCUT2D eigenvalue weighted by atomic mass is 9.95. The standard InChI is InChI=1S/C24H25Br2N3O5/c1-6-33-19-9-14(17(26)11-20(19)34-13(2)22(31)32)12-27-29-21(30)16-10-15(25)7-8-18(16)28-23(29)24(3,4)5/h7-13H,6H2,1-5H3,(H,31,32)/t13-/m0/s1. The molecule has 10 heteroatoms. The molecule has 0 saturated heterocycles. The van der Waals surface area contributed by atoms with Gasteiger partial charge in [0.15, 0.2) is 17.6 Å². The fourth-order valence-electron chi connectivity index (χ4n) is 3.11. The average molecular weight is 595 g/mol. The smallest absolute Gasteiger partial charge is 0.344 e. The number of nitrogens with zero attached hydrogens (tertiary/aromatic N) is 3. The number of ether oxygens (including phenoxy) is 2. The van der Waals surface area contributed by atoms with Gasteiger partial charge in [-0.2, -0.15) is 9.78 Å². The minimum atomic E-state index is -1.09. The Morgan fingerprint density at radius 3 is 2.56 bits per heavy atom. The Labute approximate surface area is 213 Å². The van der Waals surface area contributed by atoms with Gasteiger partial charge in [0.1, 0.15) is 5.82 Å². The van der Waals surface area contributed by atoms with E-state index in [4.69, 9.17) is 19.6 Å². The normalized spacial score (nSPS) is 12.8. The molecule has 0 bridgehead atoms. The Kier molecular flexibility index (Phi) is 7.82. The van der Waals surface area contributed by atoms with Crippen LogP contribution < -0.4 is 15.0 Å². The summed E-state index contributed by atoms with van der Waals surface area (Å²) in [5.41, 5.74) is 0.470. The van der Waals surface area contributed by atoms with Gasteiger partial charge in [0.25, 0.3) is 5.56 Å². The van der Waals surface area contributed by atoms with E-state index in [1.807, 2.05) is 33.8 Å². The molecular formula is C24H25Br2N3O5. The number of carbonyl (C=O) groups is 1. The van der Waals surface area contributed by atoms with E-state index in [0.717, 1.165) is 4.47 Å². The molecule has 0 unspecified atom stereocenters. The fourth-order valence-corrected chi connectivity index (χ4v) is 3.90. The molecular weight excluding hydrogens is 570 g/mol. The summed E-state index contributed by atoms with van der Waals surface area (Å²) < 4.78 is 13.9. The first-order valence-electron chi connectivity index (χ1n) is 10.5. The summed E-state index contributed by atoms with van der Waals surface area (Å²) >= 11 is 6.88. The molecule has 2 aromatic carbocycles. The first-order valence-corrected chi connectivity index (χ1v) is 12.1. The van der Waals surface area contributed by atoms with E-state index in [1.54, 1.807) is 24.3 Å². The van der Waals surface area contributed by atoms with Crippen molar-refractivity contribution in [1.29, 1.82) is 0 Å². The number of aliphatic carboxylic acids is 1. The van der Waals surface area contributed by atoms with Crippen LogP contribution in [0.25, 0.3) is 10.9 Å². The van der Waals surface area contributed by atoms with Gasteiger partial charge in [0.2, 0.25) is 0 Å². The highest BCUT2D eigenvalue weighted by molar-refractivity contribution is 9.10. The van der Waals surface area contributed by atoms with Gasteiger partial charge in [-0.05, 0) is 60.1 Å². The number of fused-ring (bicyclic) bond motifs is 1. The first kappa shape index (κ1) is 25.9. The molecule has 0 saturated carbocycles. The van der Waals surface area contributed by atoms with Gasteiger partial charge in [0, 0.05) is 19.9 Å². The van der Waals surface area contributed by atoms with Crippen molar-refractivity contribution in [2.24, 2.45) is 5.10 Å². The van der Waals surface area contributed by atoms with Crippen LogP contribution in [0.15, 0.2) is 49.2 Å². The molecule has 0 aliphatic heterocycles. The quantitative estimate of drug-likeness (QED) is 0.370. The Bertz CT molecular complexity index is 1330. The number of halogens is 2. The van der Waals surface area contributed by atoms with Crippen LogP contribution in [0.4, 0.5) is 0 Å². The van der Waals surface area contributed by atoms with E-state index in [0.29, 0.717) is 39.1 Å². The van der Waals surface area contributed by atoms with Crippen molar-refractivity contribution in [1.82, 2.24) is 9.66 Å². The summed E-state index contributed by atoms with van der Waals surface area (Å²) in [7, 11) is 0. The van der Waals surface area contributed by atoms with Crippen LogP contribution in [0.3, 0.4) is 0 Å². The maximum atomic E-state index is 13.3. The molecule has 1 atom stereocenters. The van der Waals surface area contributed by atoms with Gasteiger partial charge in [-0.3, -0.25) is 4.79 Å². The summed E-state index contributed by atoms with van der Waals surface area (Å²) in [4.78, 5) is 29.3. The second-order valence-electron chi connectivity index (χ2n) is 8.56. The Balaban J connectivity index is 2.14. The predicted octanol–water partition coefficient (Wildman–Crippen LogP) is 5.35. The summed E-state index contributed by atoms with van der Waals surface area (Å²) in [5, 5.41) is 14.1. The second-order valence-corrected chi connectivity index (χ2v) is 10.3. The largest absolute Gasteiger partial charge is 0.490 e. The van der Waals surface area contributed by atoms with Gasteiger partial charge < -0.3 is 14.6 Å². The summed E-state index contributed by atoms with van der Waals surface area (Å²) in [6.45, 7) is 9.49. The number of benzene rings is 2. The molecule has 34 heavy (non-hydrogen) atoms. The molecule has 8 nitrogen and oxygen atoms in total. The van der Waals surface area contributed by atoms with E-state index in [9.17, 15) is 9.59 Å². The van der Waals surface area contributed by atoms with Gasteiger partial charge >= 0.3 is 5.97 Å². The zero-order chi connectivity index (χ0) is 25.2. The third-order valence-corrected chi connectivity index (χ3v) is 5.99. The second kappa shape index (κ2) is 10.3. The maximum Gasteiger partial charge on any atom is 0.344 e. The first-order chi connectivity index (χ1) is 15.9. The molecule has 0 amide bonds. The highest BCUT2D eigenvalue weighted by Gasteiger charge is 2.23. The van der Waals surface area contributed by atoms with Crippen LogP contribution in [0.1, 0.15) is 46.0 Å². The highest BCUT2D eigenvalue weighted by Crippen LogP contribution is 2.34. The SMILES string of the molecule is CCOc1cc(C=Nn2c(C(C)(C)C)nc3ccc(Br)cc3c2=O)c(Br)cc1O[C@@H](C)C(=O)O. The molecule has 1 heterocycles. The van der Waals surface area contributed by atoms with Crippen LogP contribution in [0, 0.1) is 0 Å². The Morgan fingerprint density at radius 2 is 1.94 bits per heavy atom. The van der Waals surface area contributed by atoms with E-state index in [-0.39, 0.29) is 11.3 Å². The number of rotatable bonds is 7. The monoisotopic (exact) mass is 593 g/mol. The number of carboxylic acid groups (broad SMARTS) is 1. The average Bonchev–Trinajstić information content (AvgIpc) is 2.75. The van der Waals surface area contributed by atoms with Crippen LogP contribution in [-0.4, -0.2) is 39.7 Å². The Morgan fingerprint density at radius 1 is 1.24 bits per heavy atom. The molecule has 0 radical (unpaired) electrons. The van der Waals surface area contributed by atoms with Crippen molar-refractivity contribution in [3.8, 4) is 11.5 Å². The van der Waals surface area contributed by atoms with E-state index in [1.165, 1.54) is 17.8 Å². The molecule has 0 fully saturated rings. The third kappa shape index (κ3) is 5.67. The van der Waals surface area contributed by atoms with Crippen molar-refractivity contribution < 1.29 is 19.4 Å². The van der Waals surface area contributed by atoms with E-state index in [2.05, 4.69) is 37.0 Å². The molecule has 1 aromatic heterocycles. The Hall–Kier alpha value is -2.72. The van der Waals surface area contributed by atoms with Gasteiger partial charge in [-0.1, -0.05) is 36.7 Å². The minimum absolute atomic E-state index is 0.283. The van der Waals surface area contributed by atoms with E-state index < -0.39 is 17.5 Å². The lowest BCUT2D eigenvalue weighted by Gasteiger charge is -2.21. The zero-order valence-corrected chi connectivity index (χ0v) is 22.6. The molecule has 3 rings (SSSR count). The molecule has 3 aromatic rings. The predicted molar refractivity (Wildman–Crippen MR) is 138 cm³/mol. The van der Waals surface area contributed by atoms with Crippen LogP contribution >= 0.6 is 31.9 Å². The number of hydrogen-bond acceptors (Lipinski definition) is 6. The molecule has 0 aliphatic rings. The lowest BCUT2D eigenvalue weighted by molar-refractivity contribution is -0.144. The van der Waals surface area contributed by atoms with Gasteiger partial charge in [-0.25, -0.2) is 9.78 Å². The van der Waals surface area contributed by atoms with Crippen molar-refractivity contribution >= 4 is 54.9 Å². The van der Waals surface area contributed by atoms with Crippen molar-refractivity contribution in [3.63, 3.8) is 0 Å². The third-order valence-electron chi connectivity index (χ3n) is 4.81. The topological polar surface area (TPSA) is 103 Å². The number of aromatic nitrogens is 2. The lowest BCUT2D eigenvalue weighted by Crippen LogP contribution is -2.29. The number of hydrogen-bond donors (Lipinski definition) is 1. The molecule has 0 spiro atoms. The van der Waals surface area contributed by atoms with Gasteiger partial charge in [-0.15, -0.1) is 0 Å². The van der Waals surface area contributed by atoms with Crippen molar-refractivity contribution in [3.05, 3.63) is 61.0 Å². The van der Waals surface area contributed by atoms with Crippen LogP contribution in [0.2, 0.25) is 0 Å². The van der Waals surface area contributed by atoms with Crippen molar-refractivity contribution in [2.45, 2.75) is 46.1 Å².